The van der Waals surface area contributed by atoms with E-state index < -0.39 is 5.92 Å². The standard InChI is InChI=1S/C22H24N2O/c23-16-21(20-9-5-2-6-10-20)22(25)17-24-13-11-19(12-14-24)15-18-7-3-1-4-8-18/h1-10,19,21H,11-15,17H2/p+1/t21-/m0/s1. The van der Waals surface area contributed by atoms with Crippen LogP contribution in [0.25, 0.3) is 0 Å². The lowest BCUT2D eigenvalue weighted by atomic mass is 9.89. The number of hydrogen-bond acceptors (Lipinski definition) is 2. The van der Waals surface area contributed by atoms with Crippen molar-refractivity contribution in [3.63, 3.8) is 0 Å². The van der Waals surface area contributed by atoms with Crippen LogP contribution in [0, 0.1) is 17.2 Å². The first-order chi connectivity index (χ1) is 12.3. The molecule has 1 aliphatic heterocycles. The Morgan fingerprint density at radius 3 is 2.24 bits per heavy atom. The molecule has 0 bridgehead atoms. The maximum atomic E-state index is 12.6. The summed E-state index contributed by atoms with van der Waals surface area (Å²) in [5, 5.41) is 9.41. The Kier molecular flexibility index (Phi) is 5.98. The van der Waals surface area contributed by atoms with Crippen molar-refractivity contribution in [3.8, 4) is 6.07 Å². The Labute approximate surface area is 149 Å². The lowest BCUT2D eigenvalue weighted by molar-refractivity contribution is -0.898. The van der Waals surface area contributed by atoms with Gasteiger partial charge in [-0.3, -0.25) is 4.79 Å². The highest BCUT2D eigenvalue weighted by atomic mass is 16.1. The quantitative estimate of drug-likeness (QED) is 0.882. The number of nitrogens with one attached hydrogen (secondary N) is 1. The largest absolute Gasteiger partial charge is 0.329 e. The molecule has 2 aromatic rings. The summed E-state index contributed by atoms with van der Waals surface area (Å²) in [6.45, 7) is 2.51. The molecule has 1 aliphatic rings. The van der Waals surface area contributed by atoms with E-state index in [1.54, 1.807) is 0 Å². The van der Waals surface area contributed by atoms with Crippen molar-refractivity contribution in [2.24, 2.45) is 5.92 Å². The molecule has 1 atom stereocenters. The minimum atomic E-state index is -0.629. The van der Waals surface area contributed by atoms with E-state index in [1.165, 1.54) is 10.5 Å². The second-order valence-electron chi connectivity index (χ2n) is 7.00. The predicted octanol–water partition coefficient (Wildman–Crippen LogP) is 2.40. The molecule has 0 amide bonds. The molecule has 0 saturated carbocycles. The Morgan fingerprint density at radius 1 is 1.04 bits per heavy atom. The fourth-order valence-electron chi connectivity index (χ4n) is 3.74. The van der Waals surface area contributed by atoms with Gasteiger partial charge in [-0.25, -0.2) is 0 Å². The van der Waals surface area contributed by atoms with Gasteiger partial charge in [-0.15, -0.1) is 0 Å². The molecular weight excluding hydrogens is 308 g/mol. The van der Waals surface area contributed by atoms with Crippen LogP contribution in [0.15, 0.2) is 60.7 Å². The maximum Gasteiger partial charge on any atom is 0.208 e. The van der Waals surface area contributed by atoms with Gasteiger partial charge in [-0.05, 0) is 36.3 Å². The highest BCUT2D eigenvalue weighted by molar-refractivity contribution is 5.89. The van der Waals surface area contributed by atoms with Crippen LogP contribution in [-0.2, 0) is 11.2 Å². The van der Waals surface area contributed by atoms with E-state index in [0.717, 1.165) is 37.9 Å². The van der Waals surface area contributed by atoms with Crippen molar-refractivity contribution < 1.29 is 9.69 Å². The monoisotopic (exact) mass is 333 g/mol. The van der Waals surface area contributed by atoms with Crippen LogP contribution in [0.3, 0.4) is 0 Å². The molecule has 0 aromatic heterocycles. The summed E-state index contributed by atoms with van der Waals surface area (Å²) in [5.74, 6) is 0.128. The van der Waals surface area contributed by atoms with Gasteiger partial charge >= 0.3 is 0 Å². The molecular formula is C22H25N2O+. The van der Waals surface area contributed by atoms with E-state index in [4.69, 9.17) is 0 Å². The summed E-state index contributed by atoms with van der Waals surface area (Å²) < 4.78 is 0. The SMILES string of the molecule is N#C[C@H](C(=O)C[NH+]1CCC(Cc2ccccc2)CC1)c1ccccc1. The number of rotatable bonds is 6. The number of piperidine rings is 1. The van der Waals surface area contributed by atoms with Gasteiger partial charge in [0.15, 0.2) is 0 Å². The Hall–Kier alpha value is -2.44. The van der Waals surface area contributed by atoms with Crippen molar-refractivity contribution in [2.45, 2.75) is 25.2 Å². The molecule has 0 unspecified atom stereocenters. The van der Waals surface area contributed by atoms with Crippen LogP contribution in [-0.4, -0.2) is 25.4 Å². The molecule has 3 heteroatoms. The van der Waals surface area contributed by atoms with E-state index >= 15 is 0 Å². The molecule has 128 valence electrons. The van der Waals surface area contributed by atoms with Crippen LogP contribution in [0.5, 0.6) is 0 Å². The first-order valence-electron chi connectivity index (χ1n) is 9.11. The second-order valence-corrected chi connectivity index (χ2v) is 7.00. The second kappa shape index (κ2) is 8.60. The fourth-order valence-corrected chi connectivity index (χ4v) is 3.74. The third kappa shape index (κ3) is 4.78. The molecule has 2 aromatic carbocycles. The van der Waals surface area contributed by atoms with Crippen LogP contribution in [0.2, 0.25) is 0 Å². The zero-order valence-electron chi connectivity index (χ0n) is 14.5. The fraction of sp³-hybridized carbons (Fsp3) is 0.364. The number of nitrogens with zero attached hydrogens (tertiary/aromatic N) is 1. The number of carbonyl (C=O) groups is 1. The van der Waals surface area contributed by atoms with Crippen LogP contribution < -0.4 is 4.90 Å². The highest BCUT2D eigenvalue weighted by Crippen LogP contribution is 2.17. The summed E-state index contributed by atoms with van der Waals surface area (Å²) >= 11 is 0. The molecule has 0 spiro atoms. The van der Waals surface area contributed by atoms with Gasteiger partial charge < -0.3 is 4.90 Å². The molecule has 25 heavy (non-hydrogen) atoms. The summed E-state index contributed by atoms with van der Waals surface area (Å²) in [7, 11) is 0. The zero-order chi connectivity index (χ0) is 17.5. The predicted molar refractivity (Wildman–Crippen MR) is 98.2 cm³/mol. The molecule has 0 aliphatic carbocycles. The highest BCUT2D eigenvalue weighted by Gasteiger charge is 2.28. The minimum absolute atomic E-state index is 0.0465. The van der Waals surface area contributed by atoms with Gasteiger partial charge in [-0.2, -0.15) is 5.26 Å². The topological polar surface area (TPSA) is 45.3 Å². The normalized spacial score (nSPS) is 21.2. The number of Topliss-reactive ketones (excluding diaryl/α,β-unsaturated/α-hetero) is 1. The molecule has 3 nitrogen and oxygen atoms in total. The number of hydrogen-bond donors (Lipinski definition) is 1. The smallest absolute Gasteiger partial charge is 0.208 e. The van der Waals surface area contributed by atoms with Gasteiger partial charge in [0.25, 0.3) is 0 Å². The number of carbonyl (C=O) groups excluding carboxylic acids is 1. The minimum Gasteiger partial charge on any atom is -0.329 e. The van der Waals surface area contributed by atoms with E-state index in [-0.39, 0.29) is 5.78 Å². The molecule has 1 fully saturated rings. The zero-order valence-corrected chi connectivity index (χ0v) is 14.5. The molecule has 0 radical (unpaired) electrons. The lowest BCUT2D eigenvalue weighted by Gasteiger charge is -2.29. The number of ketones is 1. The average Bonchev–Trinajstić information content (AvgIpc) is 2.66. The first kappa shape index (κ1) is 17.4. The van der Waals surface area contributed by atoms with Gasteiger partial charge in [0.1, 0.15) is 12.5 Å². The van der Waals surface area contributed by atoms with Gasteiger partial charge in [-0.1, -0.05) is 60.7 Å². The van der Waals surface area contributed by atoms with E-state index in [0.29, 0.717) is 12.5 Å². The Morgan fingerprint density at radius 2 is 1.64 bits per heavy atom. The Bertz CT molecular complexity index is 713. The van der Waals surface area contributed by atoms with Gasteiger partial charge in [0, 0.05) is 0 Å². The third-order valence-corrected chi connectivity index (χ3v) is 5.19. The summed E-state index contributed by atoms with van der Waals surface area (Å²) in [6.07, 6.45) is 3.44. The van der Waals surface area contributed by atoms with Crippen molar-refractivity contribution in [1.29, 1.82) is 5.26 Å². The third-order valence-electron chi connectivity index (χ3n) is 5.19. The van der Waals surface area contributed by atoms with Crippen LogP contribution in [0.1, 0.15) is 29.9 Å². The average molecular weight is 333 g/mol. The van der Waals surface area contributed by atoms with Crippen molar-refractivity contribution in [2.75, 3.05) is 19.6 Å². The maximum absolute atomic E-state index is 12.6. The number of likely N-dealkylation sites (tertiary alicyclic amines) is 1. The summed E-state index contributed by atoms with van der Waals surface area (Å²) in [6, 6.07) is 22.2. The van der Waals surface area contributed by atoms with Crippen LogP contribution >= 0.6 is 0 Å². The molecule has 1 N–H and O–H groups in total. The number of nitriles is 1. The van der Waals surface area contributed by atoms with Gasteiger partial charge in [0.2, 0.25) is 5.78 Å². The Balaban J connectivity index is 1.50. The van der Waals surface area contributed by atoms with Crippen molar-refractivity contribution >= 4 is 5.78 Å². The summed E-state index contributed by atoms with van der Waals surface area (Å²) in [4.78, 5) is 13.9. The molecule has 1 saturated heterocycles. The van der Waals surface area contributed by atoms with Crippen LogP contribution in [0.4, 0.5) is 0 Å². The van der Waals surface area contributed by atoms with Gasteiger partial charge in [0.05, 0.1) is 19.2 Å². The number of quaternary nitrogens is 1. The number of benzene rings is 2. The van der Waals surface area contributed by atoms with E-state index in [9.17, 15) is 10.1 Å². The van der Waals surface area contributed by atoms with Crippen molar-refractivity contribution in [1.82, 2.24) is 0 Å². The molecule has 3 rings (SSSR count). The summed E-state index contributed by atoms with van der Waals surface area (Å²) in [5.41, 5.74) is 2.22. The van der Waals surface area contributed by atoms with Crippen molar-refractivity contribution in [3.05, 3.63) is 71.8 Å². The molecule has 1 heterocycles. The lowest BCUT2D eigenvalue weighted by Crippen LogP contribution is -3.14. The first-order valence-corrected chi connectivity index (χ1v) is 9.11. The van der Waals surface area contributed by atoms with E-state index in [1.807, 2.05) is 30.3 Å². The van der Waals surface area contributed by atoms with E-state index in [2.05, 4.69) is 36.4 Å².